The average molecular weight is 225 g/mol. The van der Waals surface area contributed by atoms with E-state index in [1.54, 1.807) is 0 Å². The average Bonchev–Trinajstić information content (AvgIpc) is 2.92. The molecule has 2 heterocycles. The van der Waals surface area contributed by atoms with Crippen molar-refractivity contribution in [2.24, 2.45) is 11.8 Å². The minimum Gasteiger partial charge on any atom is -0.316 e. The highest BCUT2D eigenvalue weighted by atomic mass is 14.9. The van der Waals surface area contributed by atoms with Crippen LogP contribution in [-0.2, 0) is 0 Å². The third-order valence-electron chi connectivity index (χ3n) is 3.92. The number of hydrogen-bond acceptors (Lipinski definition) is 3. The molecule has 1 aromatic rings. The first-order valence-electron chi connectivity index (χ1n) is 6.07. The number of allylic oxidation sites excluding steroid dienone is 1. The molecule has 1 N–H and O–H groups in total. The monoisotopic (exact) mass is 225 g/mol. The standard InChI is InChI=1S/C14H15N3/c1-9-11(5-15)4-12(7-17-9)13-3-2-10-6-16-8-14(10)13/h3-4,7,10,14,16H,2,6,8H2,1H3. The summed E-state index contributed by atoms with van der Waals surface area (Å²) >= 11 is 0. The molecule has 0 radical (unpaired) electrons. The topological polar surface area (TPSA) is 48.7 Å². The number of hydrogen-bond donors (Lipinski definition) is 1. The number of aromatic nitrogens is 1. The molecule has 1 fully saturated rings. The normalized spacial score (nSPS) is 26.5. The number of pyridine rings is 1. The molecular weight excluding hydrogens is 210 g/mol. The van der Waals surface area contributed by atoms with E-state index in [2.05, 4.69) is 22.4 Å². The number of nitrogens with zero attached hydrogens (tertiary/aromatic N) is 2. The summed E-state index contributed by atoms with van der Waals surface area (Å²) in [6.07, 6.45) is 5.38. The minimum absolute atomic E-state index is 0.617. The van der Waals surface area contributed by atoms with Gasteiger partial charge in [-0.15, -0.1) is 0 Å². The highest BCUT2D eigenvalue weighted by Crippen LogP contribution is 2.40. The van der Waals surface area contributed by atoms with Gasteiger partial charge < -0.3 is 5.32 Å². The lowest BCUT2D eigenvalue weighted by Gasteiger charge is -2.13. The Hall–Kier alpha value is -1.66. The third-order valence-corrected chi connectivity index (χ3v) is 3.92. The Morgan fingerprint density at radius 2 is 2.35 bits per heavy atom. The SMILES string of the molecule is Cc1ncc(C2=CCC3CNCC23)cc1C#N. The van der Waals surface area contributed by atoms with Crippen LogP contribution in [0.5, 0.6) is 0 Å². The van der Waals surface area contributed by atoms with Crippen LogP contribution in [0.25, 0.3) is 5.57 Å². The smallest absolute Gasteiger partial charge is 0.101 e. The summed E-state index contributed by atoms with van der Waals surface area (Å²) in [5, 5.41) is 12.5. The fourth-order valence-electron chi connectivity index (χ4n) is 2.91. The molecular formula is C14H15N3. The summed E-state index contributed by atoms with van der Waals surface area (Å²) in [5.41, 5.74) is 4.01. The van der Waals surface area contributed by atoms with Crippen LogP contribution >= 0.6 is 0 Å². The zero-order valence-electron chi connectivity index (χ0n) is 9.90. The van der Waals surface area contributed by atoms with Crippen molar-refractivity contribution >= 4 is 5.57 Å². The summed E-state index contributed by atoms with van der Waals surface area (Å²) in [7, 11) is 0. The van der Waals surface area contributed by atoms with Crippen LogP contribution in [0, 0.1) is 30.1 Å². The first kappa shape index (κ1) is 10.5. The second-order valence-electron chi connectivity index (χ2n) is 4.89. The van der Waals surface area contributed by atoms with E-state index in [4.69, 9.17) is 5.26 Å². The van der Waals surface area contributed by atoms with Gasteiger partial charge in [-0.3, -0.25) is 4.98 Å². The van der Waals surface area contributed by atoms with Gasteiger partial charge in [-0.2, -0.15) is 5.26 Å². The maximum atomic E-state index is 9.05. The van der Waals surface area contributed by atoms with Gasteiger partial charge in [-0.1, -0.05) is 6.08 Å². The molecule has 2 unspecified atom stereocenters. The maximum Gasteiger partial charge on any atom is 0.101 e. The molecule has 1 saturated heterocycles. The fraction of sp³-hybridized carbons (Fsp3) is 0.429. The van der Waals surface area contributed by atoms with Crippen LogP contribution in [0.15, 0.2) is 18.3 Å². The van der Waals surface area contributed by atoms with E-state index in [1.807, 2.05) is 19.2 Å². The van der Waals surface area contributed by atoms with Crippen LogP contribution in [-0.4, -0.2) is 18.1 Å². The fourth-order valence-corrected chi connectivity index (χ4v) is 2.91. The van der Waals surface area contributed by atoms with E-state index in [-0.39, 0.29) is 0 Å². The molecule has 1 aliphatic carbocycles. The highest BCUT2D eigenvalue weighted by molar-refractivity contribution is 5.71. The molecule has 1 aliphatic heterocycles. The molecule has 3 rings (SSSR count). The van der Waals surface area contributed by atoms with Crippen molar-refractivity contribution in [2.75, 3.05) is 13.1 Å². The van der Waals surface area contributed by atoms with E-state index in [0.717, 1.165) is 36.7 Å². The molecule has 0 bridgehead atoms. The van der Waals surface area contributed by atoms with Crippen molar-refractivity contribution in [1.29, 1.82) is 5.26 Å². The van der Waals surface area contributed by atoms with E-state index in [9.17, 15) is 0 Å². The van der Waals surface area contributed by atoms with Crippen molar-refractivity contribution in [2.45, 2.75) is 13.3 Å². The highest BCUT2D eigenvalue weighted by Gasteiger charge is 2.34. The number of aryl methyl sites for hydroxylation is 1. The van der Waals surface area contributed by atoms with Crippen molar-refractivity contribution in [1.82, 2.24) is 10.3 Å². The van der Waals surface area contributed by atoms with Gasteiger partial charge in [0.25, 0.3) is 0 Å². The predicted octanol–water partition coefficient (Wildman–Crippen LogP) is 1.88. The van der Waals surface area contributed by atoms with Gasteiger partial charge in [0.1, 0.15) is 6.07 Å². The van der Waals surface area contributed by atoms with Crippen LogP contribution < -0.4 is 5.32 Å². The molecule has 0 spiro atoms. The summed E-state index contributed by atoms with van der Waals surface area (Å²) < 4.78 is 0. The zero-order valence-corrected chi connectivity index (χ0v) is 9.90. The summed E-state index contributed by atoms with van der Waals surface area (Å²) in [5.74, 6) is 1.36. The molecule has 0 amide bonds. The Morgan fingerprint density at radius 3 is 3.18 bits per heavy atom. The van der Waals surface area contributed by atoms with Gasteiger partial charge in [-0.05, 0) is 43.0 Å². The summed E-state index contributed by atoms with van der Waals surface area (Å²) in [6.45, 7) is 4.06. The van der Waals surface area contributed by atoms with Crippen LogP contribution in [0.2, 0.25) is 0 Å². The lowest BCUT2D eigenvalue weighted by Crippen LogP contribution is -2.10. The van der Waals surface area contributed by atoms with E-state index in [1.165, 1.54) is 5.57 Å². The third kappa shape index (κ3) is 1.65. The lowest BCUT2D eigenvalue weighted by molar-refractivity contribution is 0.542. The number of nitriles is 1. The van der Waals surface area contributed by atoms with Crippen molar-refractivity contribution in [3.63, 3.8) is 0 Å². The van der Waals surface area contributed by atoms with Crippen molar-refractivity contribution in [3.8, 4) is 6.07 Å². The Balaban J connectivity index is 1.98. The molecule has 2 atom stereocenters. The van der Waals surface area contributed by atoms with E-state index >= 15 is 0 Å². The Labute approximate surface area is 101 Å². The zero-order chi connectivity index (χ0) is 11.8. The number of rotatable bonds is 1. The van der Waals surface area contributed by atoms with Gasteiger partial charge in [0, 0.05) is 18.7 Å². The summed E-state index contributed by atoms with van der Waals surface area (Å²) in [6, 6.07) is 4.19. The Kier molecular flexibility index (Phi) is 2.45. The molecule has 0 aromatic carbocycles. The van der Waals surface area contributed by atoms with Gasteiger partial charge in [0.2, 0.25) is 0 Å². The molecule has 0 saturated carbocycles. The Bertz CT molecular complexity index is 525. The van der Waals surface area contributed by atoms with Gasteiger partial charge in [0.05, 0.1) is 11.3 Å². The van der Waals surface area contributed by atoms with Crippen LogP contribution in [0.1, 0.15) is 23.2 Å². The van der Waals surface area contributed by atoms with E-state index < -0.39 is 0 Å². The van der Waals surface area contributed by atoms with Crippen molar-refractivity contribution < 1.29 is 0 Å². The molecule has 17 heavy (non-hydrogen) atoms. The van der Waals surface area contributed by atoms with Crippen molar-refractivity contribution in [3.05, 3.63) is 35.2 Å². The lowest BCUT2D eigenvalue weighted by atomic mass is 9.91. The first-order chi connectivity index (χ1) is 8.29. The first-order valence-corrected chi connectivity index (χ1v) is 6.07. The second-order valence-corrected chi connectivity index (χ2v) is 4.89. The molecule has 2 aliphatic rings. The number of fused-ring (bicyclic) bond motifs is 1. The largest absolute Gasteiger partial charge is 0.316 e. The molecule has 1 aromatic heterocycles. The molecule has 86 valence electrons. The van der Waals surface area contributed by atoms with Gasteiger partial charge >= 0.3 is 0 Å². The van der Waals surface area contributed by atoms with E-state index in [0.29, 0.717) is 11.5 Å². The Morgan fingerprint density at radius 1 is 1.47 bits per heavy atom. The number of nitrogens with one attached hydrogen (secondary N) is 1. The van der Waals surface area contributed by atoms with Gasteiger partial charge in [-0.25, -0.2) is 0 Å². The van der Waals surface area contributed by atoms with Crippen LogP contribution in [0.3, 0.4) is 0 Å². The molecule has 3 heteroatoms. The second kappa shape index (κ2) is 3.97. The molecule has 3 nitrogen and oxygen atoms in total. The maximum absolute atomic E-state index is 9.05. The quantitative estimate of drug-likeness (QED) is 0.794. The summed E-state index contributed by atoms with van der Waals surface area (Å²) in [4.78, 5) is 4.32. The van der Waals surface area contributed by atoms with Gasteiger partial charge in [0.15, 0.2) is 0 Å². The minimum atomic E-state index is 0.617. The predicted molar refractivity (Wildman–Crippen MR) is 66.1 cm³/mol. The van der Waals surface area contributed by atoms with Crippen LogP contribution in [0.4, 0.5) is 0 Å².